The fourth-order valence-electron chi connectivity index (χ4n) is 4.23. The minimum Gasteiger partial charge on any atom is -0.481 e. The maximum atomic E-state index is 12.7. The van der Waals surface area contributed by atoms with E-state index in [1.165, 1.54) is 35.3 Å². The summed E-state index contributed by atoms with van der Waals surface area (Å²) in [5.74, 6) is 0.893. The van der Waals surface area contributed by atoms with Gasteiger partial charge in [0.25, 0.3) is 11.5 Å². The second-order valence-electron chi connectivity index (χ2n) is 8.70. The van der Waals surface area contributed by atoms with Crippen LogP contribution >= 0.6 is 0 Å². The summed E-state index contributed by atoms with van der Waals surface area (Å²) in [6.07, 6.45) is 5.62. The van der Waals surface area contributed by atoms with Crippen LogP contribution < -0.4 is 20.9 Å². The number of methoxy groups -OCH3 is 1. The van der Waals surface area contributed by atoms with Gasteiger partial charge in [-0.2, -0.15) is 0 Å². The Morgan fingerprint density at radius 2 is 2.00 bits per heavy atom. The molecule has 0 radical (unpaired) electrons. The summed E-state index contributed by atoms with van der Waals surface area (Å²) in [6.45, 7) is 2.05. The van der Waals surface area contributed by atoms with Crippen molar-refractivity contribution >= 4 is 22.3 Å². The number of rotatable bonds is 8. The number of carbonyl (C=O) groups is 1. The number of ether oxygens (including phenoxy) is 1. The molecule has 0 atom stereocenters. The zero-order valence-electron chi connectivity index (χ0n) is 19.1. The normalized spacial score (nSPS) is 13.7. The Hall–Kier alpha value is -3.78. The van der Waals surface area contributed by atoms with E-state index in [4.69, 9.17) is 4.74 Å². The minimum atomic E-state index is -0.432. The number of hydrogen-bond donors (Lipinski definition) is 2. The van der Waals surface area contributed by atoms with E-state index < -0.39 is 5.91 Å². The Kier molecular flexibility index (Phi) is 6.22. The lowest BCUT2D eigenvalue weighted by Crippen LogP contribution is -2.27. The van der Waals surface area contributed by atoms with Crippen molar-refractivity contribution in [3.63, 3.8) is 0 Å². The average Bonchev–Trinajstić information content (AvgIpc) is 2.83. The van der Waals surface area contributed by atoms with Crippen LogP contribution in [0.15, 0.2) is 59.5 Å². The maximum Gasteiger partial charge on any atom is 0.270 e. The number of fused-ring (bicyclic) bond motifs is 2. The Bertz CT molecular complexity index is 1410. The molecule has 4 aromatic rings. The summed E-state index contributed by atoms with van der Waals surface area (Å²) in [5, 5.41) is 8.29. The number of amides is 1. The number of hydrogen-bond acceptors (Lipinski definition) is 6. The Labute approximate surface area is 197 Å². The molecule has 0 bridgehead atoms. The zero-order valence-corrected chi connectivity index (χ0v) is 19.1. The molecule has 0 spiro atoms. The van der Waals surface area contributed by atoms with Crippen molar-refractivity contribution in [2.24, 2.45) is 5.92 Å². The van der Waals surface area contributed by atoms with Crippen molar-refractivity contribution in [2.75, 3.05) is 13.7 Å². The van der Waals surface area contributed by atoms with Crippen molar-refractivity contribution in [1.82, 2.24) is 25.0 Å². The topological polar surface area (TPSA) is 97.6 Å². The molecule has 1 aromatic carbocycles. The van der Waals surface area contributed by atoms with Gasteiger partial charge >= 0.3 is 0 Å². The Morgan fingerprint density at radius 1 is 1.12 bits per heavy atom. The van der Waals surface area contributed by atoms with Crippen LogP contribution in [0.3, 0.4) is 0 Å². The van der Waals surface area contributed by atoms with E-state index in [0.29, 0.717) is 17.2 Å². The number of benzene rings is 1. The van der Waals surface area contributed by atoms with Crippen LogP contribution in [-0.4, -0.2) is 33.9 Å². The SMILES string of the molecule is COc1nc(CNC(=O)c2cc(=O)n3ccccc3n2)cc2cc(CNCC3CCC3)ccc12. The molecule has 5 rings (SSSR count). The molecule has 174 valence electrons. The first-order chi connectivity index (χ1) is 16.6. The Balaban J connectivity index is 1.32. The number of carbonyl (C=O) groups excluding carboxylic acids is 1. The summed E-state index contributed by atoms with van der Waals surface area (Å²) < 4.78 is 6.90. The molecule has 1 aliphatic rings. The molecule has 1 aliphatic carbocycles. The van der Waals surface area contributed by atoms with Gasteiger partial charge in [-0.3, -0.25) is 14.0 Å². The smallest absolute Gasteiger partial charge is 0.270 e. The first-order valence-corrected chi connectivity index (χ1v) is 11.5. The highest BCUT2D eigenvalue weighted by Gasteiger charge is 2.16. The van der Waals surface area contributed by atoms with E-state index in [1.54, 1.807) is 31.5 Å². The number of nitrogens with zero attached hydrogens (tertiary/aromatic N) is 3. The third-order valence-corrected chi connectivity index (χ3v) is 6.33. The van der Waals surface area contributed by atoms with E-state index in [2.05, 4.69) is 32.7 Å². The lowest BCUT2D eigenvalue weighted by molar-refractivity contribution is 0.0945. The van der Waals surface area contributed by atoms with Crippen LogP contribution in [-0.2, 0) is 13.1 Å². The van der Waals surface area contributed by atoms with Gasteiger partial charge in [-0.05, 0) is 66.6 Å². The second kappa shape index (κ2) is 9.61. The fourth-order valence-corrected chi connectivity index (χ4v) is 4.23. The predicted octanol–water partition coefficient (Wildman–Crippen LogP) is 3.07. The monoisotopic (exact) mass is 457 g/mol. The van der Waals surface area contributed by atoms with Crippen LogP contribution in [0.1, 0.15) is 41.0 Å². The largest absolute Gasteiger partial charge is 0.481 e. The summed E-state index contributed by atoms with van der Waals surface area (Å²) in [4.78, 5) is 33.8. The molecule has 0 saturated heterocycles. The van der Waals surface area contributed by atoms with Crippen molar-refractivity contribution in [2.45, 2.75) is 32.4 Å². The van der Waals surface area contributed by atoms with Gasteiger partial charge in [-0.25, -0.2) is 9.97 Å². The van der Waals surface area contributed by atoms with E-state index in [9.17, 15) is 9.59 Å². The highest BCUT2D eigenvalue weighted by molar-refractivity contribution is 5.92. The summed E-state index contributed by atoms with van der Waals surface area (Å²) in [5.41, 5.74) is 2.04. The highest BCUT2D eigenvalue weighted by atomic mass is 16.5. The van der Waals surface area contributed by atoms with Crippen LogP contribution in [0.25, 0.3) is 16.4 Å². The first-order valence-electron chi connectivity index (χ1n) is 11.5. The van der Waals surface area contributed by atoms with Crippen molar-refractivity contribution in [3.8, 4) is 5.88 Å². The lowest BCUT2D eigenvalue weighted by Gasteiger charge is -2.25. The van der Waals surface area contributed by atoms with Gasteiger partial charge in [-0.1, -0.05) is 18.6 Å². The van der Waals surface area contributed by atoms with Crippen LogP contribution in [0, 0.1) is 5.92 Å². The minimum absolute atomic E-state index is 0.0729. The molecular formula is C26H27N5O3. The number of pyridine rings is 2. The quantitative estimate of drug-likeness (QED) is 0.422. The maximum absolute atomic E-state index is 12.7. The molecule has 2 N–H and O–H groups in total. The van der Waals surface area contributed by atoms with Gasteiger partial charge in [0, 0.05) is 24.2 Å². The summed E-state index contributed by atoms with van der Waals surface area (Å²) in [7, 11) is 1.59. The Morgan fingerprint density at radius 3 is 2.79 bits per heavy atom. The number of aromatic nitrogens is 3. The molecule has 1 fully saturated rings. The van der Waals surface area contributed by atoms with Crippen molar-refractivity contribution in [3.05, 3.63) is 82.0 Å². The fraction of sp³-hybridized carbons (Fsp3) is 0.308. The molecule has 8 heteroatoms. The highest BCUT2D eigenvalue weighted by Crippen LogP contribution is 2.27. The molecule has 1 amide bonds. The third-order valence-electron chi connectivity index (χ3n) is 6.33. The molecule has 3 aromatic heterocycles. The van der Waals surface area contributed by atoms with Gasteiger partial charge < -0.3 is 15.4 Å². The number of nitrogens with one attached hydrogen (secondary N) is 2. The summed E-state index contributed by atoms with van der Waals surface area (Å²) >= 11 is 0. The second-order valence-corrected chi connectivity index (χ2v) is 8.70. The lowest BCUT2D eigenvalue weighted by atomic mass is 9.85. The van der Waals surface area contributed by atoms with Gasteiger partial charge in [0.2, 0.25) is 5.88 Å². The van der Waals surface area contributed by atoms with Crippen molar-refractivity contribution < 1.29 is 9.53 Å². The molecule has 8 nitrogen and oxygen atoms in total. The van der Waals surface area contributed by atoms with Crippen LogP contribution in [0.5, 0.6) is 5.88 Å². The van der Waals surface area contributed by atoms with E-state index in [0.717, 1.165) is 29.8 Å². The van der Waals surface area contributed by atoms with Crippen LogP contribution in [0.4, 0.5) is 0 Å². The molecule has 1 saturated carbocycles. The van der Waals surface area contributed by atoms with E-state index in [-0.39, 0.29) is 17.8 Å². The molecule has 34 heavy (non-hydrogen) atoms. The van der Waals surface area contributed by atoms with Gasteiger partial charge in [0.05, 0.1) is 19.3 Å². The van der Waals surface area contributed by atoms with E-state index >= 15 is 0 Å². The molecular weight excluding hydrogens is 430 g/mol. The van der Waals surface area contributed by atoms with Gasteiger partial charge in [0.15, 0.2) is 0 Å². The van der Waals surface area contributed by atoms with Crippen molar-refractivity contribution in [1.29, 1.82) is 0 Å². The van der Waals surface area contributed by atoms with Crippen LogP contribution in [0.2, 0.25) is 0 Å². The standard InChI is InChI=1S/C26H27N5O3/c1-34-26-21-9-8-18(15-27-14-17-5-4-6-17)11-19(21)12-20(29-26)16-28-25(33)22-13-24(32)31-10-3-2-7-23(31)30-22/h2-3,7-13,17,27H,4-6,14-16H2,1H3,(H,28,33). The van der Waals surface area contributed by atoms with Gasteiger partial charge in [-0.15, -0.1) is 0 Å². The van der Waals surface area contributed by atoms with E-state index in [1.807, 2.05) is 12.1 Å². The third kappa shape index (κ3) is 4.63. The average molecular weight is 458 g/mol. The molecule has 0 aliphatic heterocycles. The molecule has 0 unspecified atom stereocenters. The molecule has 3 heterocycles. The predicted molar refractivity (Wildman–Crippen MR) is 130 cm³/mol. The zero-order chi connectivity index (χ0) is 23.5. The first kappa shape index (κ1) is 22.0. The summed E-state index contributed by atoms with van der Waals surface area (Å²) in [6, 6.07) is 14.6. The van der Waals surface area contributed by atoms with Gasteiger partial charge in [0.1, 0.15) is 11.3 Å².